The fourth-order valence-corrected chi connectivity index (χ4v) is 2.57. The second-order valence-corrected chi connectivity index (χ2v) is 8.01. The molecule has 0 bridgehead atoms. The lowest BCUT2D eigenvalue weighted by atomic mass is 10.1. The summed E-state index contributed by atoms with van der Waals surface area (Å²) in [7, 11) is 0. The Kier molecular flexibility index (Phi) is 9.31. The average Bonchev–Trinajstić information content (AvgIpc) is 2.62. The fraction of sp³-hybridized carbons (Fsp3) is 0.524. The molecule has 4 N–H and O–H groups in total. The SMILES string of the molecule is C[C@H](NC(=O)[C@H](CCC(=O)NC(C)(C)C)NC(=O)CCc1ccccc1)C(=O)O. The van der Waals surface area contributed by atoms with Gasteiger partial charge < -0.3 is 21.1 Å². The number of aliphatic carboxylic acids is 1. The van der Waals surface area contributed by atoms with E-state index in [4.69, 9.17) is 5.11 Å². The number of carboxylic acids is 1. The molecule has 0 aromatic heterocycles. The molecule has 0 spiro atoms. The van der Waals surface area contributed by atoms with E-state index in [1.807, 2.05) is 51.1 Å². The molecule has 0 aliphatic carbocycles. The number of benzene rings is 1. The zero-order valence-corrected chi connectivity index (χ0v) is 17.5. The molecule has 8 heteroatoms. The summed E-state index contributed by atoms with van der Waals surface area (Å²) >= 11 is 0. The van der Waals surface area contributed by atoms with E-state index in [0.29, 0.717) is 6.42 Å². The van der Waals surface area contributed by atoms with Crippen LogP contribution in [0, 0.1) is 0 Å². The van der Waals surface area contributed by atoms with E-state index in [2.05, 4.69) is 16.0 Å². The third kappa shape index (κ3) is 10.3. The topological polar surface area (TPSA) is 125 Å². The highest BCUT2D eigenvalue weighted by molar-refractivity contribution is 5.90. The molecular weight excluding hydrogens is 374 g/mol. The highest BCUT2D eigenvalue weighted by Crippen LogP contribution is 2.06. The first kappa shape index (κ1) is 24.1. The van der Waals surface area contributed by atoms with Gasteiger partial charge in [0.25, 0.3) is 0 Å². The van der Waals surface area contributed by atoms with Crippen molar-refractivity contribution in [2.45, 2.75) is 71.0 Å². The number of aryl methyl sites for hydroxylation is 1. The fourth-order valence-electron chi connectivity index (χ4n) is 2.57. The number of carbonyl (C=O) groups excluding carboxylic acids is 3. The third-order valence-corrected chi connectivity index (χ3v) is 4.04. The molecule has 0 aliphatic heterocycles. The minimum Gasteiger partial charge on any atom is -0.480 e. The van der Waals surface area contributed by atoms with Gasteiger partial charge in [-0.2, -0.15) is 0 Å². The predicted molar refractivity (Wildman–Crippen MR) is 109 cm³/mol. The summed E-state index contributed by atoms with van der Waals surface area (Å²) in [6.07, 6.45) is 0.778. The van der Waals surface area contributed by atoms with E-state index in [1.165, 1.54) is 6.92 Å². The average molecular weight is 405 g/mol. The number of nitrogens with one attached hydrogen (secondary N) is 3. The van der Waals surface area contributed by atoms with Crippen LogP contribution in [0.3, 0.4) is 0 Å². The number of rotatable bonds is 10. The molecule has 0 radical (unpaired) electrons. The summed E-state index contributed by atoms with van der Waals surface area (Å²) in [5.74, 6) is -2.40. The lowest BCUT2D eigenvalue weighted by Crippen LogP contribution is -2.51. The third-order valence-electron chi connectivity index (χ3n) is 4.04. The van der Waals surface area contributed by atoms with E-state index < -0.39 is 29.5 Å². The summed E-state index contributed by atoms with van der Waals surface area (Å²) in [5.41, 5.74) is 0.582. The molecule has 0 aliphatic rings. The second kappa shape index (κ2) is 11.2. The summed E-state index contributed by atoms with van der Waals surface area (Å²) in [6, 6.07) is 7.36. The minimum absolute atomic E-state index is 0.0236. The Bertz CT molecular complexity index is 713. The van der Waals surface area contributed by atoms with E-state index >= 15 is 0 Å². The first-order chi connectivity index (χ1) is 13.5. The number of carboxylic acid groups (broad SMARTS) is 1. The molecule has 29 heavy (non-hydrogen) atoms. The monoisotopic (exact) mass is 405 g/mol. The van der Waals surface area contributed by atoms with Crippen molar-refractivity contribution in [1.82, 2.24) is 16.0 Å². The zero-order chi connectivity index (χ0) is 22.0. The number of hydrogen-bond donors (Lipinski definition) is 4. The quantitative estimate of drug-likeness (QED) is 0.468. The van der Waals surface area contributed by atoms with Crippen LogP contribution < -0.4 is 16.0 Å². The molecule has 0 saturated heterocycles. The standard InChI is InChI=1S/C21H31N3O5/c1-14(20(28)29)22-19(27)16(11-13-18(26)24-21(2,3)4)23-17(25)12-10-15-8-6-5-7-9-15/h5-9,14,16H,10-13H2,1-4H3,(H,22,27)(H,23,25)(H,24,26)(H,28,29)/t14-,16-/m0/s1. The molecule has 0 heterocycles. The Labute approximate surface area is 171 Å². The van der Waals surface area contributed by atoms with Crippen LogP contribution in [0.5, 0.6) is 0 Å². The Balaban J connectivity index is 2.69. The molecule has 3 amide bonds. The van der Waals surface area contributed by atoms with Crippen molar-refractivity contribution in [2.24, 2.45) is 0 Å². The van der Waals surface area contributed by atoms with Crippen LogP contribution in [-0.4, -0.2) is 46.4 Å². The van der Waals surface area contributed by atoms with E-state index in [1.54, 1.807) is 0 Å². The predicted octanol–water partition coefficient (Wildman–Crippen LogP) is 1.39. The summed E-state index contributed by atoms with van der Waals surface area (Å²) in [4.78, 5) is 47.8. The maximum Gasteiger partial charge on any atom is 0.325 e. The van der Waals surface area contributed by atoms with Gasteiger partial charge in [-0.05, 0) is 46.1 Å². The second-order valence-electron chi connectivity index (χ2n) is 8.01. The van der Waals surface area contributed by atoms with Gasteiger partial charge in [0.15, 0.2) is 0 Å². The maximum absolute atomic E-state index is 12.4. The van der Waals surface area contributed by atoms with Crippen LogP contribution in [0.4, 0.5) is 0 Å². The lowest BCUT2D eigenvalue weighted by Gasteiger charge is -2.23. The van der Waals surface area contributed by atoms with Gasteiger partial charge in [0.1, 0.15) is 12.1 Å². The van der Waals surface area contributed by atoms with Crippen LogP contribution in [-0.2, 0) is 25.6 Å². The number of carbonyl (C=O) groups is 4. The molecule has 0 fully saturated rings. The van der Waals surface area contributed by atoms with Gasteiger partial charge in [-0.15, -0.1) is 0 Å². The Morgan fingerprint density at radius 3 is 2.14 bits per heavy atom. The van der Waals surface area contributed by atoms with Crippen LogP contribution in [0.2, 0.25) is 0 Å². The Morgan fingerprint density at radius 1 is 0.966 bits per heavy atom. The number of hydrogen-bond acceptors (Lipinski definition) is 4. The highest BCUT2D eigenvalue weighted by atomic mass is 16.4. The van der Waals surface area contributed by atoms with Crippen molar-refractivity contribution in [3.8, 4) is 0 Å². The smallest absolute Gasteiger partial charge is 0.325 e. The normalized spacial score (nSPS) is 13.1. The molecule has 0 saturated carbocycles. The van der Waals surface area contributed by atoms with Crippen LogP contribution >= 0.6 is 0 Å². The van der Waals surface area contributed by atoms with Crippen molar-refractivity contribution in [3.05, 3.63) is 35.9 Å². The Hall–Kier alpha value is -2.90. The highest BCUT2D eigenvalue weighted by Gasteiger charge is 2.25. The van der Waals surface area contributed by atoms with Gasteiger partial charge in [-0.1, -0.05) is 30.3 Å². The first-order valence-corrected chi connectivity index (χ1v) is 9.65. The van der Waals surface area contributed by atoms with E-state index in [9.17, 15) is 19.2 Å². The van der Waals surface area contributed by atoms with Crippen molar-refractivity contribution in [3.63, 3.8) is 0 Å². The van der Waals surface area contributed by atoms with Gasteiger partial charge >= 0.3 is 5.97 Å². The minimum atomic E-state index is -1.18. The largest absolute Gasteiger partial charge is 0.480 e. The van der Waals surface area contributed by atoms with E-state index in [-0.39, 0.29) is 31.1 Å². The van der Waals surface area contributed by atoms with Crippen LogP contribution in [0.15, 0.2) is 30.3 Å². The Morgan fingerprint density at radius 2 is 1.59 bits per heavy atom. The van der Waals surface area contributed by atoms with Crippen LogP contribution in [0.25, 0.3) is 0 Å². The van der Waals surface area contributed by atoms with Crippen molar-refractivity contribution >= 4 is 23.7 Å². The molecule has 8 nitrogen and oxygen atoms in total. The molecule has 160 valence electrons. The summed E-state index contributed by atoms with van der Waals surface area (Å²) < 4.78 is 0. The van der Waals surface area contributed by atoms with Crippen molar-refractivity contribution < 1.29 is 24.3 Å². The molecule has 1 aromatic carbocycles. The van der Waals surface area contributed by atoms with Gasteiger partial charge in [0.05, 0.1) is 0 Å². The maximum atomic E-state index is 12.4. The van der Waals surface area contributed by atoms with Gasteiger partial charge in [-0.25, -0.2) is 0 Å². The zero-order valence-electron chi connectivity index (χ0n) is 17.5. The summed E-state index contributed by atoms with van der Waals surface area (Å²) in [6.45, 7) is 6.86. The van der Waals surface area contributed by atoms with Gasteiger partial charge in [0.2, 0.25) is 17.7 Å². The molecule has 1 rings (SSSR count). The first-order valence-electron chi connectivity index (χ1n) is 9.65. The molecule has 2 atom stereocenters. The van der Waals surface area contributed by atoms with E-state index in [0.717, 1.165) is 5.56 Å². The van der Waals surface area contributed by atoms with Gasteiger partial charge in [-0.3, -0.25) is 19.2 Å². The lowest BCUT2D eigenvalue weighted by molar-refractivity contribution is -0.141. The van der Waals surface area contributed by atoms with Crippen molar-refractivity contribution in [1.29, 1.82) is 0 Å². The van der Waals surface area contributed by atoms with Gasteiger partial charge in [0, 0.05) is 18.4 Å². The number of amides is 3. The van der Waals surface area contributed by atoms with Crippen LogP contribution in [0.1, 0.15) is 52.5 Å². The summed E-state index contributed by atoms with van der Waals surface area (Å²) in [5, 5.41) is 16.8. The molecular formula is C21H31N3O5. The van der Waals surface area contributed by atoms with Crippen molar-refractivity contribution in [2.75, 3.05) is 0 Å². The molecule has 0 unspecified atom stereocenters. The molecule has 1 aromatic rings.